The van der Waals surface area contributed by atoms with E-state index in [0.717, 1.165) is 5.82 Å². The number of nitrogens with one attached hydrogen (secondary N) is 3. The number of anilines is 3. The summed E-state index contributed by atoms with van der Waals surface area (Å²) in [4.78, 5) is 5.69. The molecule has 12 heavy (non-hydrogen) atoms. The lowest BCUT2D eigenvalue weighted by Crippen LogP contribution is -1.92. The van der Waals surface area contributed by atoms with Gasteiger partial charge in [0.05, 0.1) is 0 Å². The molecule has 0 aliphatic rings. The summed E-state index contributed by atoms with van der Waals surface area (Å²) < 4.78 is 0. The fourth-order valence-corrected chi connectivity index (χ4v) is 0.867. The van der Waals surface area contributed by atoms with Crippen molar-refractivity contribution in [2.75, 3.05) is 11.1 Å². The lowest BCUT2D eigenvalue weighted by molar-refractivity contribution is 1.10. The van der Waals surface area contributed by atoms with Crippen LogP contribution in [0.5, 0.6) is 0 Å². The third-order valence-electron chi connectivity index (χ3n) is 1.36. The molecule has 62 valence electrons. The van der Waals surface area contributed by atoms with Gasteiger partial charge in [0.25, 0.3) is 0 Å². The first-order valence-corrected chi connectivity index (χ1v) is 3.43. The molecule has 0 aliphatic heterocycles. The van der Waals surface area contributed by atoms with E-state index in [1.807, 2.05) is 18.3 Å². The van der Waals surface area contributed by atoms with Gasteiger partial charge in [0.15, 0.2) is 0 Å². The molecule has 0 saturated heterocycles. The molecule has 0 aliphatic carbocycles. The van der Waals surface area contributed by atoms with Crippen molar-refractivity contribution in [1.82, 2.24) is 20.2 Å². The molecule has 0 unspecified atom stereocenters. The maximum absolute atomic E-state index is 5.33. The first-order valence-electron chi connectivity index (χ1n) is 3.43. The lowest BCUT2D eigenvalue weighted by atomic mass is 10.6. The molecule has 5 N–H and O–H groups in total. The van der Waals surface area contributed by atoms with Gasteiger partial charge in [-0.15, -0.1) is 10.2 Å². The molecule has 2 heterocycles. The van der Waals surface area contributed by atoms with Crippen LogP contribution in [0, 0.1) is 0 Å². The molecule has 2 aromatic rings. The van der Waals surface area contributed by atoms with Crippen LogP contribution in [0.3, 0.4) is 0 Å². The zero-order valence-electron chi connectivity index (χ0n) is 6.20. The minimum atomic E-state index is 0.295. The summed E-state index contributed by atoms with van der Waals surface area (Å²) in [6.45, 7) is 0. The van der Waals surface area contributed by atoms with E-state index in [1.54, 1.807) is 0 Å². The molecule has 6 heteroatoms. The van der Waals surface area contributed by atoms with Crippen molar-refractivity contribution in [2.45, 2.75) is 0 Å². The highest BCUT2D eigenvalue weighted by atomic mass is 15.3. The predicted molar refractivity (Wildman–Crippen MR) is 44.9 cm³/mol. The Balaban J connectivity index is 2.14. The molecule has 0 amide bonds. The van der Waals surface area contributed by atoms with Crippen LogP contribution >= 0.6 is 0 Å². The second kappa shape index (κ2) is 2.57. The second-order valence-electron chi connectivity index (χ2n) is 2.27. The van der Waals surface area contributed by atoms with Gasteiger partial charge in [-0.05, 0) is 12.1 Å². The van der Waals surface area contributed by atoms with E-state index in [-0.39, 0.29) is 0 Å². The van der Waals surface area contributed by atoms with E-state index in [0.29, 0.717) is 11.9 Å². The average Bonchev–Trinajstić information content (AvgIpc) is 2.63. The van der Waals surface area contributed by atoms with Crippen molar-refractivity contribution in [2.24, 2.45) is 0 Å². The Morgan fingerprint density at radius 2 is 2.33 bits per heavy atom. The summed E-state index contributed by atoms with van der Waals surface area (Å²) in [6.07, 6.45) is 1.81. The third-order valence-corrected chi connectivity index (χ3v) is 1.36. The molecule has 0 fully saturated rings. The molecular formula is C6H8N6. The van der Waals surface area contributed by atoms with Crippen LogP contribution in [0.1, 0.15) is 0 Å². The van der Waals surface area contributed by atoms with Crippen molar-refractivity contribution in [3.63, 3.8) is 0 Å². The Hall–Kier alpha value is -1.98. The zero-order valence-corrected chi connectivity index (χ0v) is 6.20. The van der Waals surface area contributed by atoms with Gasteiger partial charge in [-0.25, -0.2) is 0 Å². The van der Waals surface area contributed by atoms with Gasteiger partial charge in [0, 0.05) is 6.20 Å². The van der Waals surface area contributed by atoms with Crippen LogP contribution in [0.25, 0.3) is 0 Å². The van der Waals surface area contributed by atoms with E-state index in [9.17, 15) is 0 Å². The summed E-state index contributed by atoms with van der Waals surface area (Å²) in [5, 5.41) is 10.3. The van der Waals surface area contributed by atoms with E-state index in [4.69, 9.17) is 5.73 Å². The number of aromatic nitrogens is 4. The largest absolute Gasteiger partial charge is 0.368 e. The van der Waals surface area contributed by atoms with E-state index < -0.39 is 0 Å². The summed E-state index contributed by atoms with van der Waals surface area (Å²) >= 11 is 0. The molecule has 0 bridgehead atoms. The Morgan fingerprint density at radius 1 is 1.42 bits per heavy atom. The van der Waals surface area contributed by atoms with Gasteiger partial charge in [0.2, 0.25) is 11.9 Å². The summed E-state index contributed by atoms with van der Waals surface area (Å²) in [6, 6.07) is 3.75. The topological polar surface area (TPSA) is 95.4 Å². The second-order valence-corrected chi connectivity index (χ2v) is 2.27. The molecule has 0 radical (unpaired) electrons. The molecule has 0 spiro atoms. The molecule has 2 aromatic heterocycles. The number of nitrogens with two attached hydrogens (primary N) is 1. The number of hydrogen-bond acceptors (Lipinski definition) is 4. The van der Waals surface area contributed by atoms with Gasteiger partial charge in [0.1, 0.15) is 5.82 Å². The predicted octanol–water partition coefficient (Wildman–Crippen LogP) is 0.459. The smallest absolute Gasteiger partial charge is 0.228 e. The van der Waals surface area contributed by atoms with E-state index in [1.165, 1.54) is 0 Å². The van der Waals surface area contributed by atoms with Gasteiger partial charge in [-0.3, -0.25) is 4.98 Å². The molecule has 0 atom stereocenters. The number of nitrogens with zero attached hydrogens (tertiary/aromatic N) is 2. The quantitative estimate of drug-likeness (QED) is 0.518. The Kier molecular flexibility index (Phi) is 1.44. The van der Waals surface area contributed by atoms with E-state index in [2.05, 4.69) is 25.5 Å². The lowest BCUT2D eigenvalue weighted by Gasteiger charge is -1.95. The minimum Gasteiger partial charge on any atom is -0.368 e. The van der Waals surface area contributed by atoms with Crippen LogP contribution < -0.4 is 11.1 Å². The van der Waals surface area contributed by atoms with Crippen molar-refractivity contribution < 1.29 is 0 Å². The fourth-order valence-electron chi connectivity index (χ4n) is 0.867. The first-order chi connectivity index (χ1) is 5.84. The van der Waals surface area contributed by atoms with Crippen LogP contribution in [0.15, 0.2) is 18.3 Å². The van der Waals surface area contributed by atoms with Gasteiger partial charge in [-0.1, -0.05) is 0 Å². The number of nitrogen functional groups attached to an aromatic ring is 1. The fraction of sp³-hybridized carbons (Fsp3) is 0. The normalized spacial score (nSPS) is 10.0. The maximum Gasteiger partial charge on any atom is 0.228 e. The van der Waals surface area contributed by atoms with Crippen LogP contribution in [0.2, 0.25) is 0 Å². The molecule has 0 saturated carbocycles. The van der Waals surface area contributed by atoms with Crippen LogP contribution in [-0.2, 0) is 0 Å². The highest BCUT2D eigenvalue weighted by molar-refractivity contribution is 5.48. The maximum atomic E-state index is 5.33. The highest BCUT2D eigenvalue weighted by Gasteiger charge is 1.98. The zero-order chi connectivity index (χ0) is 8.39. The SMILES string of the molecule is Nc1nnc(Nc2ccc[nH]2)[nH]1. The number of aromatic amines is 2. The molecular weight excluding hydrogens is 156 g/mol. The van der Waals surface area contributed by atoms with Gasteiger partial charge < -0.3 is 16.0 Å². The number of rotatable bonds is 2. The summed E-state index contributed by atoms with van der Waals surface area (Å²) in [7, 11) is 0. The van der Waals surface area contributed by atoms with Crippen molar-refractivity contribution in [3.05, 3.63) is 18.3 Å². The molecule has 0 aromatic carbocycles. The van der Waals surface area contributed by atoms with E-state index >= 15 is 0 Å². The Labute approximate surface area is 68.2 Å². The highest BCUT2D eigenvalue weighted by Crippen LogP contribution is 2.08. The Bertz CT molecular complexity index is 348. The van der Waals surface area contributed by atoms with Crippen LogP contribution in [0.4, 0.5) is 17.7 Å². The monoisotopic (exact) mass is 164 g/mol. The van der Waals surface area contributed by atoms with Crippen LogP contribution in [-0.4, -0.2) is 20.2 Å². The summed E-state index contributed by atoms with van der Waals surface area (Å²) in [5.41, 5.74) is 5.33. The number of H-pyrrole nitrogens is 2. The number of hydrogen-bond donors (Lipinski definition) is 4. The van der Waals surface area contributed by atoms with Crippen molar-refractivity contribution in [3.8, 4) is 0 Å². The first kappa shape index (κ1) is 6.71. The third kappa shape index (κ3) is 1.22. The average molecular weight is 164 g/mol. The van der Waals surface area contributed by atoms with Gasteiger partial charge in [-0.2, -0.15) is 0 Å². The van der Waals surface area contributed by atoms with Crippen molar-refractivity contribution >= 4 is 17.7 Å². The standard InChI is InChI=1S/C6H8N6/c7-5-10-6(12-11-5)9-4-2-1-3-8-4/h1-3,8H,(H4,7,9,10,11,12). The molecule has 2 rings (SSSR count). The summed E-state index contributed by atoms with van der Waals surface area (Å²) in [5.74, 6) is 1.66. The molecule has 6 nitrogen and oxygen atoms in total. The Morgan fingerprint density at radius 3 is 2.92 bits per heavy atom. The van der Waals surface area contributed by atoms with Gasteiger partial charge >= 0.3 is 0 Å². The minimum absolute atomic E-state index is 0.295. The van der Waals surface area contributed by atoms with Crippen molar-refractivity contribution in [1.29, 1.82) is 0 Å².